The zero-order chi connectivity index (χ0) is 22.9. The average Bonchev–Trinajstić information content (AvgIpc) is 2.80. The van der Waals surface area contributed by atoms with Gasteiger partial charge in [-0.3, -0.25) is 9.59 Å². The van der Waals surface area contributed by atoms with Crippen molar-refractivity contribution in [1.82, 2.24) is 9.21 Å². The van der Waals surface area contributed by atoms with Gasteiger partial charge in [-0.1, -0.05) is 15.9 Å². The molecule has 11 heteroatoms. The van der Waals surface area contributed by atoms with Crippen molar-refractivity contribution in [1.29, 1.82) is 0 Å². The van der Waals surface area contributed by atoms with Crippen molar-refractivity contribution >= 4 is 49.2 Å². The molecule has 0 bridgehead atoms. The van der Waals surface area contributed by atoms with Crippen LogP contribution in [0.2, 0.25) is 0 Å². The van der Waals surface area contributed by atoms with Gasteiger partial charge in [0.15, 0.2) is 0 Å². The zero-order valence-electron chi connectivity index (χ0n) is 16.9. The molecule has 2 heterocycles. The molecule has 2 aliphatic heterocycles. The van der Waals surface area contributed by atoms with Crippen molar-refractivity contribution in [2.24, 2.45) is 5.10 Å². The van der Waals surface area contributed by atoms with Gasteiger partial charge in [-0.2, -0.15) is 9.41 Å². The minimum atomic E-state index is -3.77. The van der Waals surface area contributed by atoms with E-state index in [0.29, 0.717) is 5.69 Å². The molecule has 0 aliphatic carbocycles. The standard InChI is InChI=1S/C21H20BrFN4O4S/c22-15-1-5-17(6-2-15)27-20(28)10-9-19(24-27)21(29)25-11-13-26(14-12-25)32(30,31)18-7-3-16(23)4-8-18/h1-8H,9-14H2. The van der Waals surface area contributed by atoms with E-state index in [1.54, 1.807) is 29.2 Å². The van der Waals surface area contributed by atoms with Crippen LogP contribution in [-0.4, -0.2) is 61.3 Å². The Bertz CT molecular complexity index is 1160. The summed E-state index contributed by atoms with van der Waals surface area (Å²) >= 11 is 3.34. The third-order valence-corrected chi connectivity index (χ3v) is 7.77. The lowest BCUT2D eigenvalue weighted by Gasteiger charge is -2.35. The number of amides is 2. The van der Waals surface area contributed by atoms with Crippen LogP contribution in [0.5, 0.6) is 0 Å². The van der Waals surface area contributed by atoms with Gasteiger partial charge in [0.1, 0.15) is 11.5 Å². The van der Waals surface area contributed by atoms with Gasteiger partial charge in [-0.05, 0) is 48.5 Å². The first-order valence-electron chi connectivity index (χ1n) is 9.97. The molecule has 2 amide bonds. The molecule has 0 unspecified atom stereocenters. The number of rotatable bonds is 4. The molecule has 4 rings (SSSR count). The molecular formula is C21H20BrFN4O4S. The molecule has 32 heavy (non-hydrogen) atoms. The summed E-state index contributed by atoms with van der Waals surface area (Å²) in [6, 6.07) is 11.7. The van der Waals surface area contributed by atoms with E-state index in [1.165, 1.54) is 21.4 Å². The number of carbonyl (C=O) groups excluding carboxylic acids is 2. The maximum Gasteiger partial charge on any atom is 0.270 e. The van der Waals surface area contributed by atoms with Crippen molar-refractivity contribution in [2.45, 2.75) is 17.7 Å². The fraction of sp³-hybridized carbons (Fsp3) is 0.286. The number of carbonyl (C=O) groups is 2. The summed E-state index contributed by atoms with van der Waals surface area (Å²) in [7, 11) is -3.77. The number of anilines is 1. The van der Waals surface area contributed by atoms with Crippen molar-refractivity contribution < 1.29 is 22.4 Å². The lowest BCUT2D eigenvalue weighted by Crippen LogP contribution is -2.52. The first-order chi connectivity index (χ1) is 15.3. The Morgan fingerprint density at radius 1 is 0.938 bits per heavy atom. The maximum absolute atomic E-state index is 13.1. The number of nitrogens with zero attached hydrogens (tertiary/aromatic N) is 4. The normalized spacial score (nSPS) is 17.9. The van der Waals surface area contributed by atoms with E-state index in [-0.39, 0.29) is 61.4 Å². The van der Waals surface area contributed by atoms with Crippen molar-refractivity contribution in [3.63, 3.8) is 0 Å². The fourth-order valence-corrected chi connectivity index (χ4v) is 5.25. The quantitative estimate of drug-likeness (QED) is 0.617. The summed E-state index contributed by atoms with van der Waals surface area (Å²) in [6.07, 6.45) is 0.401. The first-order valence-corrected chi connectivity index (χ1v) is 12.2. The van der Waals surface area contributed by atoms with Crippen molar-refractivity contribution in [3.05, 3.63) is 58.8 Å². The van der Waals surface area contributed by atoms with E-state index in [2.05, 4.69) is 21.0 Å². The lowest BCUT2D eigenvalue weighted by atomic mass is 10.1. The van der Waals surface area contributed by atoms with E-state index < -0.39 is 15.8 Å². The van der Waals surface area contributed by atoms with Gasteiger partial charge in [0, 0.05) is 43.5 Å². The number of hydrogen-bond donors (Lipinski definition) is 0. The van der Waals surface area contributed by atoms with Crippen LogP contribution in [-0.2, 0) is 19.6 Å². The molecule has 0 N–H and O–H groups in total. The summed E-state index contributed by atoms with van der Waals surface area (Å²) in [5, 5.41) is 5.52. The van der Waals surface area contributed by atoms with Crippen LogP contribution in [0.4, 0.5) is 10.1 Å². The molecule has 0 aromatic heterocycles. The fourth-order valence-electron chi connectivity index (χ4n) is 3.56. The number of piperazine rings is 1. The minimum Gasteiger partial charge on any atom is -0.335 e. The number of hydrogen-bond acceptors (Lipinski definition) is 5. The number of sulfonamides is 1. The smallest absolute Gasteiger partial charge is 0.270 e. The van der Waals surface area contributed by atoms with Crippen LogP contribution in [0.15, 0.2) is 63.0 Å². The van der Waals surface area contributed by atoms with Gasteiger partial charge >= 0.3 is 0 Å². The molecule has 2 aromatic carbocycles. The molecule has 1 fully saturated rings. The van der Waals surface area contributed by atoms with Crippen LogP contribution < -0.4 is 5.01 Å². The monoisotopic (exact) mass is 522 g/mol. The summed E-state index contributed by atoms with van der Waals surface area (Å²) in [6.45, 7) is 0.636. The Hall–Kier alpha value is -2.63. The first kappa shape index (κ1) is 22.6. The second-order valence-electron chi connectivity index (χ2n) is 7.38. The predicted octanol–water partition coefficient (Wildman–Crippen LogP) is 2.60. The summed E-state index contributed by atoms with van der Waals surface area (Å²) in [4.78, 5) is 26.9. The summed E-state index contributed by atoms with van der Waals surface area (Å²) < 4.78 is 40.8. The van der Waals surface area contributed by atoms with Crippen LogP contribution >= 0.6 is 15.9 Å². The lowest BCUT2D eigenvalue weighted by molar-refractivity contribution is -0.125. The third kappa shape index (κ3) is 4.59. The second kappa shape index (κ2) is 9.08. The Labute approximate surface area is 193 Å². The van der Waals surface area contributed by atoms with Gasteiger partial charge in [0.25, 0.3) is 5.91 Å². The average molecular weight is 523 g/mol. The van der Waals surface area contributed by atoms with Gasteiger partial charge in [0.2, 0.25) is 15.9 Å². The van der Waals surface area contributed by atoms with Crippen LogP contribution in [0.25, 0.3) is 0 Å². The molecule has 0 spiro atoms. The van der Waals surface area contributed by atoms with Crippen molar-refractivity contribution in [2.75, 3.05) is 31.2 Å². The molecule has 2 aromatic rings. The summed E-state index contributed by atoms with van der Waals surface area (Å²) in [5.41, 5.74) is 0.834. The summed E-state index contributed by atoms with van der Waals surface area (Å²) in [5.74, 6) is -1.01. The highest BCUT2D eigenvalue weighted by Gasteiger charge is 2.33. The molecule has 8 nitrogen and oxygen atoms in total. The van der Waals surface area contributed by atoms with Crippen LogP contribution in [0.3, 0.4) is 0 Å². The van der Waals surface area contributed by atoms with Gasteiger partial charge in [-0.25, -0.2) is 17.8 Å². The number of halogens is 2. The number of benzene rings is 2. The van der Waals surface area contributed by atoms with E-state index in [1.807, 2.05) is 0 Å². The van der Waals surface area contributed by atoms with Gasteiger partial charge in [0.05, 0.1) is 10.6 Å². The molecule has 0 saturated carbocycles. The van der Waals surface area contributed by atoms with Crippen LogP contribution in [0, 0.1) is 5.82 Å². The Morgan fingerprint density at radius 3 is 2.19 bits per heavy atom. The Kier molecular flexibility index (Phi) is 6.40. The van der Waals surface area contributed by atoms with Crippen LogP contribution in [0.1, 0.15) is 12.8 Å². The molecule has 0 radical (unpaired) electrons. The van der Waals surface area contributed by atoms with Crippen molar-refractivity contribution in [3.8, 4) is 0 Å². The predicted molar refractivity (Wildman–Crippen MR) is 120 cm³/mol. The largest absolute Gasteiger partial charge is 0.335 e. The molecule has 0 atom stereocenters. The van der Waals surface area contributed by atoms with Gasteiger partial charge in [-0.15, -0.1) is 0 Å². The third-order valence-electron chi connectivity index (χ3n) is 5.33. The van der Waals surface area contributed by atoms with E-state index >= 15 is 0 Å². The maximum atomic E-state index is 13.1. The Morgan fingerprint density at radius 2 is 1.56 bits per heavy atom. The molecule has 1 saturated heterocycles. The molecule has 168 valence electrons. The highest BCUT2D eigenvalue weighted by atomic mass is 79.9. The minimum absolute atomic E-state index is 0.0129. The topological polar surface area (TPSA) is 90.4 Å². The highest BCUT2D eigenvalue weighted by molar-refractivity contribution is 9.10. The van der Waals surface area contributed by atoms with E-state index in [4.69, 9.17) is 0 Å². The Balaban J connectivity index is 1.45. The molecular weight excluding hydrogens is 503 g/mol. The number of hydrazone groups is 1. The van der Waals surface area contributed by atoms with E-state index in [9.17, 15) is 22.4 Å². The second-order valence-corrected chi connectivity index (χ2v) is 10.2. The highest BCUT2D eigenvalue weighted by Crippen LogP contribution is 2.24. The zero-order valence-corrected chi connectivity index (χ0v) is 19.3. The van der Waals surface area contributed by atoms with Gasteiger partial charge < -0.3 is 4.90 Å². The molecule has 2 aliphatic rings. The SMILES string of the molecule is O=C(C1=NN(c2ccc(Br)cc2)C(=O)CC1)N1CCN(S(=O)(=O)c2ccc(F)cc2)CC1. The van der Waals surface area contributed by atoms with E-state index in [0.717, 1.165) is 16.6 Å².